The van der Waals surface area contributed by atoms with Gasteiger partial charge in [0.15, 0.2) is 0 Å². The summed E-state index contributed by atoms with van der Waals surface area (Å²) in [4.78, 5) is 24.5. The summed E-state index contributed by atoms with van der Waals surface area (Å²) in [7, 11) is 0. The molecule has 0 radical (unpaired) electrons. The lowest BCUT2D eigenvalue weighted by atomic mass is 10.1. The van der Waals surface area contributed by atoms with Crippen LogP contribution < -0.4 is 10.2 Å². The molecule has 20 heavy (non-hydrogen) atoms. The van der Waals surface area contributed by atoms with Crippen LogP contribution >= 0.6 is 11.3 Å². The number of rotatable bonds is 5. The van der Waals surface area contributed by atoms with Gasteiger partial charge in [-0.2, -0.15) is 0 Å². The van der Waals surface area contributed by atoms with Gasteiger partial charge in [-0.05, 0) is 17.5 Å². The Morgan fingerprint density at radius 2 is 2.10 bits per heavy atom. The van der Waals surface area contributed by atoms with Gasteiger partial charge in [0.05, 0.1) is 5.69 Å². The summed E-state index contributed by atoms with van der Waals surface area (Å²) in [6.45, 7) is 2.16. The average molecular weight is 288 g/mol. The van der Waals surface area contributed by atoms with Crippen LogP contribution in [0.25, 0.3) is 17.3 Å². The third kappa shape index (κ3) is 4.20. The van der Waals surface area contributed by atoms with Crippen LogP contribution in [0.15, 0.2) is 40.5 Å². The Morgan fingerprint density at radius 1 is 1.35 bits per heavy atom. The minimum atomic E-state index is -0.0399. The highest BCUT2D eigenvalue weighted by Gasteiger charge is 1.99. The maximum Gasteiger partial charge on any atom is 0.304 e. The molecule has 0 fully saturated rings. The van der Waals surface area contributed by atoms with Crippen molar-refractivity contribution in [2.75, 3.05) is 6.54 Å². The third-order valence-corrected chi connectivity index (χ3v) is 3.41. The van der Waals surface area contributed by atoms with Gasteiger partial charge in [0.25, 0.3) is 0 Å². The molecule has 4 nitrogen and oxygen atoms in total. The second-order valence-corrected chi connectivity index (χ2v) is 5.20. The summed E-state index contributed by atoms with van der Waals surface area (Å²) in [5.74, 6) is -0.00694. The molecule has 0 spiro atoms. The zero-order valence-electron chi connectivity index (χ0n) is 11.2. The molecule has 0 bridgehead atoms. The van der Waals surface area contributed by atoms with Crippen LogP contribution in [0, 0.1) is 0 Å². The molecule has 0 unspecified atom stereocenters. The smallest absolute Gasteiger partial charge is 0.304 e. The summed E-state index contributed by atoms with van der Waals surface area (Å²) in [6.07, 6.45) is 4.85. The number of H-pyrrole nitrogens is 1. The van der Waals surface area contributed by atoms with Gasteiger partial charge in [0.2, 0.25) is 5.91 Å². The summed E-state index contributed by atoms with van der Waals surface area (Å²) in [6, 6.07) is 7.96. The number of carbonyl (C=O) groups is 1. The molecule has 104 valence electrons. The highest BCUT2D eigenvalue weighted by molar-refractivity contribution is 7.07. The van der Waals surface area contributed by atoms with Crippen molar-refractivity contribution in [3.8, 4) is 11.3 Å². The minimum absolute atomic E-state index is 0.00694. The highest BCUT2D eigenvalue weighted by atomic mass is 32.1. The van der Waals surface area contributed by atoms with Crippen molar-refractivity contribution in [3.63, 3.8) is 0 Å². The second-order valence-electron chi connectivity index (χ2n) is 4.36. The Bertz CT molecular complexity index is 653. The fourth-order valence-electron chi connectivity index (χ4n) is 1.75. The third-order valence-electron chi connectivity index (χ3n) is 2.74. The molecule has 0 aliphatic carbocycles. The van der Waals surface area contributed by atoms with Crippen molar-refractivity contribution in [1.29, 1.82) is 0 Å². The standard InChI is InChI=1S/C15H16N2O2S/c1-11(18)16-9-3-2-4-12-5-7-13(8-6-12)14-10-20-15(19)17-14/h2,4-8,10H,3,9H2,1H3,(H,16,18)(H,17,19). The van der Waals surface area contributed by atoms with E-state index < -0.39 is 0 Å². The molecule has 1 amide bonds. The zero-order chi connectivity index (χ0) is 14.4. The molecular weight excluding hydrogens is 272 g/mol. The zero-order valence-corrected chi connectivity index (χ0v) is 12.0. The number of hydrogen-bond donors (Lipinski definition) is 2. The van der Waals surface area contributed by atoms with Crippen LogP contribution in [0.1, 0.15) is 18.9 Å². The lowest BCUT2D eigenvalue weighted by Crippen LogP contribution is -2.20. The Kier molecular flexibility index (Phi) is 4.90. The maximum absolute atomic E-state index is 11.1. The van der Waals surface area contributed by atoms with E-state index in [1.165, 1.54) is 18.3 Å². The summed E-state index contributed by atoms with van der Waals surface area (Å²) in [5, 5.41) is 4.56. The van der Waals surface area contributed by atoms with E-state index in [2.05, 4.69) is 10.3 Å². The van der Waals surface area contributed by atoms with E-state index in [9.17, 15) is 9.59 Å². The number of aromatic nitrogens is 1. The lowest BCUT2D eigenvalue weighted by Gasteiger charge is -1.99. The number of thiazole rings is 1. The highest BCUT2D eigenvalue weighted by Crippen LogP contribution is 2.18. The van der Waals surface area contributed by atoms with Gasteiger partial charge >= 0.3 is 4.87 Å². The first-order chi connectivity index (χ1) is 9.65. The van der Waals surface area contributed by atoms with E-state index in [4.69, 9.17) is 0 Å². The number of amides is 1. The van der Waals surface area contributed by atoms with E-state index in [0.717, 1.165) is 23.2 Å². The van der Waals surface area contributed by atoms with Gasteiger partial charge in [-0.3, -0.25) is 9.59 Å². The van der Waals surface area contributed by atoms with Crippen LogP contribution in [0.5, 0.6) is 0 Å². The van der Waals surface area contributed by atoms with Gasteiger partial charge in [0, 0.05) is 18.8 Å². The molecule has 1 aromatic heterocycles. The quantitative estimate of drug-likeness (QED) is 0.831. The van der Waals surface area contributed by atoms with Gasteiger partial charge in [-0.15, -0.1) is 0 Å². The monoisotopic (exact) mass is 288 g/mol. The average Bonchev–Trinajstić information content (AvgIpc) is 2.85. The normalized spacial score (nSPS) is 10.8. The molecule has 0 saturated heterocycles. The van der Waals surface area contributed by atoms with Crippen molar-refractivity contribution in [1.82, 2.24) is 10.3 Å². The van der Waals surface area contributed by atoms with Crippen molar-refractivity contribution in [2.24, 2.45) is 0 Å². The van der Waals surface area contributed by atoms with Crippen LogP contribution in [0.3, 0.4) is 0 Å². The van der Waals surface area contributed by atoms with E-state index in [0.29, 0.717) is 6.54 Å². The molecule has 0 aliphatic rings. The number of aromatic amines is 1. The van der Waals surface area contributed by atoms with Gasteiger partial charge in [0.1, 0.15) is 0 Å². The van der Waals surface area contributed by atoms with E-state index in [-0.39, 0.29) is 10.8 Å². The molecule has 0 aliphatic heterocycles. The molecular formula is C15H16N2O2S. The summed E-state index contributed by atoms with van der Waals surface area (Å²) in [5.41, 5.74) is 2.94. The van der Waals surface area contributed by atoms with Crippen molar-refractivity contribution >= 4 is 23.3 Å². The van der Waals surface area contributed by atoms with Gasteiger partial charge in [-0.1, -0.05) is 47.8 Å². The molecule has 1 aromatic carbocycles. The fraction of sp³-hybridized carbons (Fsp3) is 0.200. The van der Waals surface area contributed by atoms with E-state index in [1.54, 1.807) is 0 Å². The predicted octanol–water partition coefficient (Wildman–Crippen LogP) is 2.64. The number of nitrogens with one attached hydrogen (secondary N) is 2. The van der Waals surface area contributed by atoms with Crippen LogP contribution in [-0.4, -0.2) is 17.4 Å². The maximum atomic E-state index is 11.1. The van der Waals surface area contributed by atoms with Crippen molar-refractivity contribution in [3.05, 3.63) is 51.0 Å². The van der Waals surface area contributed by atoms with Crippen LogP contribution in [-0.2, 0) is 4.79 Å². The molecule has 0 atom stereocenters. The Labute approximate surface area is 121 Å². The lowest BCUT2D eigenvalue weighted by molar-refractivity contribution is -0.118. The minimum Gasteiger partial charge on any atom is -0.356 e. The Balaban J connectivity index is 1.93. The van der Waals surface area contributed by atoms with Crippen molar-refractivity contribution < 1.29 is 4.79 Å². The predicted molar refractivity (Wildman–Crippen MR) is 82.7 cm³/mol. The molecule has 2 rings (SSSR count). The van der Waals surface area contributed by atoms with Crippen LogP contribution in [0.4, 0.5) is 0 Å². The molecule has 2 aromatic rings. The SMILES string of the molecule is CC(=O)NCCC=Cc1ccc(-c2csc(=O)[nH]2)cc1. The first-order valence-electron chi connectivity index (χ1n) is 6.34. The molecule has 0 saturated carbocycles. The van der Waals surface area contributed by atoms with Gasteiger partial charge < -0.3 is 10.3 Å². The molecule has 1 heterocycles. The topological polar surface area (TPSA) is 62.0 Å². The second kappa shape index (κ2) is 6.86. The fourth-order valence-corrected chi connectivity index (χ4v) is 2.34. The number of hydrogen-bond acceptors (Lipinski definition) is 3. The Hall–Kier alpha value is -2.14. The van der Waals surface area contributed by atoms with Crippen molar-refractivity contribution in [2.45, 2.75) is 13.3 Å². The molecule has 5 heteroatoms. The first kappa shape index (κ1) is 14.3. The van der Waals surface area contributed by atoms with E-state index >= 15 is 0 Å². The first-order valence-corrected chi connectivity index (χ1v) is 7.22. The summed E-state index contributed by atoms with van der Waals surface area (Å²) >= 11 is 1.17. The molecule has 2 N–H and O–H groups in total. The van der Waals surface area contributed by atoms with Gasteiger partial charge in [-0.25, -0.2) is 0 Å². The van der Waals surface area contributed by atoms with Crippen LogP contribution in [0.2, 0.25) is 0 Å². The number of carbonyl (C=O) groups excluding carboxylic acids is 1. The van der Waals surface area contributed by atoms with E-state index in [1.807, 2.05) is 41.8 Å². The Morgan fingerprint density at radius 3 is 2.70 bits per heavy atom. The number of benzene rings is 1. The largest absolute Gasteiger partial charge is 0.356 e. The summed E-state index contributed by atoms with van der Waals surface area (Å²) < 4.78 is 0.